The maximum atomic E-state index is 4.40. The van der Waals surface area contributed by atoms with Gasteiger partial charge in [0, 0.05) is 26.3 Å². The third-order valence-electron chi connectivity index (χ3n) is 3.13. The van der Waals surface area contributed by atoms with Crippen LogP contribution in [-0.2, 0) is 6.42 Å². The number of para-hydroxylation sites is 1. The Bertz CT molecular complexity index is 565. The largest absolute Gasteiger partial charge is 0.356 e. The molecule has 0 unspecified atom stereocenters. The number of aromatic nitrogens is 2. The van der Waals surface area contributed by atoms with E-state index in [1.165, 1.54) is 5.56 Å². The van der Waals surface area contributed by atoms with Gasteiger partial charge in [-0.15, -0.1) is 24.0 Å². The predicted octanol–water partition coefficient (Wildman–Crippen LogP) is 2.61. The van der Waals surface area contributed by atoms with Gasteiger partial charge in [0.1, 0.15) is 0 Å². The second-order valence-corrected chi connectivity index (χ2v) is 4.80. The molecule has 0 amide bonds. The molecule has 120 valence electrons. The maximum absolute atomic E-state index is 4.40. The first-order valence-electron chi connectivity index (χ1n) is 7.37. The first-order valence-corrected chi connectivity index (χ1v) is 7.37. The van der Waals surface area contributed by atoms with Crippen molar-refractivity contribution < 1.29 is 0 Å². The molecule has 0 atom stereocenters. The average Bonchev–Trinajstić information content (AvgIpc) is 3.00. The number of guanidine groups is 1. The van der Waals surface area contributed by atoms with E-state index in [0.717, 1.165) is 37.6 Å². The van der Waals surface area contributed by atoms with Crippen molar-refractivity contribution in [3.8, 4) is 5.69 Å². The Morgan fingerprint density at radius 3 is 2.59 bits per heavy atom. The van der Waals surface area contributed by atoms with Crippen LogP contribution in [0.25, 0.3) is 5.69 Å². The minimum atomic E-state index is 0. The Balaban J connectivity index is 0.00000242. The van der Waals surface area contributed by atoms with Crippen molar-refractivity contribution in [3.63, 3.8) is 0 Å². The van der Waals surface area contributed by atoms with Gasteiger partial charge >= 0.3 is 0 Å². The first-order chi connectivity index (χ1) is 10.3. The summed E-state index contributed by atoms with van der Waals surface area (Å²) in [6.07, 6.45) is 5.99. The summed E-state index contributed by atoms with van der Waals surface area (Å²) in [6, 6.07) is 10.1. The lowest BCUT2D eigenvalue weighted by Gasteiger charge is -2.10. The lowest BCUT2D eigenvalue weighted by molar-refractivity contribution is 0.773. The number of rotatable bonds is 6. The average molecular weight is 413 g/mol. The van der Waals surface area contributed by atoms with Gasteiger partial charge in [-0.1, -0.05) is 25.1 Å². The summed E-state index contributed by atoms with van der Waals surface area (Å²) in [4.78, 5) is 4.18. The Kier molecular flexibility index (Phi) is 8.57. The third kappa shape index (κ3) is 5.67. The second kappa shape index (κ2) is 10.2. The van der Waals surface area contributed by atoms with E-state index in [9.17, 15) is 0 Å². The van der Waals surface area contributed by atoms with E-state index in [1.807, 2.05) is 41.2 Å². The van der Waals surface area contributed by atoms with Gasteiger partial charge in [0.2, 0.25) is 0 Å². The molecule has 0 bridgehead atoms. The van der Waals surface area contributed by atoms with Crippen LogP contribution in [-0.4, -0.2) is 35.9 Å². The molecule has 0 aliphatic heterocycles. The van der Waals surface area contributed by atoms with Gasteiger partial charge in [-0.25, -0.2) is 4.68 Å². The molecule has 2 rings (SSSR count). The minimum absolute atomic E-state index is 0. The van der Waals surface area contributed by atoms with Gasteiger partial charge in [-0.2, -0.15) is 5.10 Å². The molecule has 5 nitrogen and oxygen atoms in total. The van der Waals surface area contributed by atoms with Crippen LogP contribution < -0.4 is 10.6 Å². The van der Waals surface area contributed by atoms with Crippen molar-refractivity contribution in [2.45, 2.75) is 19.8 Å². The Morgan fingerprint density at radius 2 is 1.91 bits per heavy atom. The van der Waals surface area contributed by atoms with Crippen molar-refractivity contribution in [2.75, 3.05) is 20.1 Å². The van der Waals surface area contributed by atoms with Crippen LogP contribution in [0.3, 0.4) is 0 Å². The highest BCUT2D eigenvalue weighted by Crippen LogP contribution is 2.07. The van der Waals surface area contributed by atoms with Gasteiger partial charge in [-0.05, 0) is 30.5 Å². The van der Waals surface area contributed by atoms with Gasteiger partial charge < -0.3 is 10.6 Å². The Labute approximate surface area is 149 Å². The molecule has 0 saturated heterocycles. The maximum Gasteiger partial charge on any atom is 0.190 e. The summed E-state index contributed by atoms with van der Waals surface area (Å²) in [6.45, 7) is 3.91. The van der Waals surface area contributed by atoms with Crippen LogP contribution in [0.15, 0.2) is 47.7 Å². The number of aliphatic imine (C=N–C) groups is 1. The molecular weight excluding hydrogens is 389 g/mol. The zero-order valence-electron chi connectivity index (χ0n) is 13.1. The van der Waals surface area contributed by atoms with Crippen LogP contribution in [0, 0.1) is 0 Å². The molecule has 0 spiro atoms. The molecule has 1 heterocycles. The zero-order valence-corrected chi connectivity index (χ0v) is 15.5. The molecule has 22 heavy (non-hydrogen) atoms. The van der Waals surface area contributed by atoms with Crippen molar-refractivity contribution in [3.05, 3.63) is 48.3 Å². The lowest BCUT2D eigenvalue weighted by atomic mass is 10.2. The zero-order chi connectivity index (χ0) is 14.9. The molecule has 1 aromatic heterocycles. The predicted molar refractivity (Wildman–Crippen MR) is 102 cm³/mol. The summed E-state index contributed by atoms with van der Waals surface area (Å²) in [5.41, 5.74) is 2.29. The van der Waals surface area contributed by atoms with Crippen LogP contribution in [0.1, 0.15) is 18.9 Å². The summed E-state index contributed by atoms with van der Waals surface area (Å²) in [5, 5.41) is 11.0. The van der Waals surface area contributed by atoms with Crippen molar-refractivity contribution >= 4 is 29.9 Å². The monoisotopic (exact) mass is 413 g/mol. The van der Waals surface area contributed by atoms with E-state index in [1.54, 1.807) is 7.05 Å². The first kappa shape index (κ1) is 18.5. The SMILES string of the molecule is CCCNC(=NC)NCCc1cnn(-c2ccccc2)c1.I. The number of nitrogens with one attached hydrogen (secondary N) is 2. The molecule has 0 aliphatic rings. The normalized spacial score (nSPS) is 10.9. The van der Waals surface area contributed by atoms with E-state index in [-0.39, 0.29) is 24.0 Å². The highest BCUT2D eigenvalue weighted by Gasteiger charge is 2.01. The fourth-order valence-electron chi connectivity index (χ4n) is 2.00. The fourth-order valence-corrected chi connectivity index (χ4v) is 2.00. The molecule has 2 aromatic rings. The summed E-state index contributed by atoms with van der Waals surface area (Å²) >= 11 is 0. The van der Waals surface area contributed by atoms with E-state index < -0.39 is 0 Å². The lowest BCUT2D eigenvalue weighted by Crippen LogP contribution is -2.38. The van der Waals surface area contributed by atoms with E-state index >= 15 is 0 Å². The summed E-state index contributed by atoms with van der Waals surface area (Å²) in [7, 11) is 1.79. The third-order valence-corrected chi connectivity index (χ3v) is 3.13. The van der Waals surface area contributed by atoms with Gasteiger partial charge in [0.25, 0.3) is 0 Å². The highest BCUT2D eigenvalue weighted by atomic mass is 127. The standard InChI is InChI=1S/C16H23N5.HI/c1-3-10-18-16(17-2)19-11-9-14-12-20-21(13-14)15-7-5-4-6-8-15;/h4-8,12-13H,3,9-11H2,1-2H3,(H2,17,18,19);1H. The molecule has 0 saturated carbocycles. The fraction of sp³-hybridized carbons (Fsp3) is 0.375. The number of benzene rings is 1. The van der Waals surface area contributed by atoms with Crippen LogP contribution in [0.4, 0.5) is 0 Å². The second-order valence-electron chi connectivity index (χ2n) is 4.80. The molecule has 1 aromatic carbocycles. The molecule has 0 aliphatic carbocycles. The van der Waals surface area contributed by atoms with Gasteiger partial charge in [-0.3, -0.25) is 4.99 Å². The van der Waals surface area contributed by atoms with Gasteiger partial charge in [0.15, 0.2) is 5.96 Å². The van der Waals surface area contributed by atoms with E-state index in [0.29, 0.717) is 0 Å². The van der Waals surface area contributed by atoms with Crippen molar-refractivity contribution in [1.82, 2.24) is 20.4 Å². The minimum Gasteiger partial charge on any atom is -0.356 e. The smallest absolute Gasteiger partial charge is 0.190 e. The van der Waals surface area contributed by atoms with Crippen molar-refractivity contribution in [1.29, 1.82) is 0 Å². The quantitative estimate of drug-likeness (QED) is 0.435. The van der Waals surface area contributed by atoms with Crippen LogP contribution >= 0.6 is 24.0 Å². The van der Waals surface area contributed by atoms with Crippen LogP contribution in [0.2, 0.25) is 0 Å². The topological polar surface area (TPSA) is 54.2 Å². The van der Waals surface area contributed by atoms with E-state index in [4.69, 9.17) is 0 Å². The van der Waals surface area contributed by atoms with Gasteiger partial charge in [0.05, 0.1) is 11.9 Å². The van der Waals surface area contributed by atoms with Crippen LogP contribution in [0.5, 0.6) is 0 Å². The van der Waals surface area contributed by atoms with Crippen molar-refractivity contribution in [2.24, 2.45) is 4.99 Å². The number of nitrogens with zero attached hydrogens (tertiary/aromatic N) is 3. The molecular formula is C16H24IN5. The molecule has 0 fully saturated rings. The highest BCUT2D eigenvalue weighted by molar-refractivity contribution is 14.0. The molecule has 2 N–H and O–H groups in total. The molecule has 0 radical (unpaired) electrons. The Morgan fingerprint density at radius 1 is 1.18 bits per heavy atom. The number of hydrogen-bond acceptors (Lipinski definition) is 2. The summed E-state index contributed by atoms with van der Waals surface area (Å²) < 4.78 is 1.90. The summed E-state index contributed by atoms with van der Waals surface area (Å²) in [5.74, 6) is 0.854. The number of hydrogen-bond donors (Lipinski definition) is 2. The van der Waals surface area contributed by atoms with E-state index in [2.05, 4.69) is 33.8 Å². The Hall–Kier alpha value is -1.57. The molecule has 6 heteroatoms. The number of halogens is 1.